The second-order valence-electron chi connectivity index (χ2n) is 4.24. The average molecular weight is 249 g/mol. The van der Waals surface area contributed by atoms with Gasteiger partial charge in [-0.25, -0.2) is 0 Å². The Labute approximate surface area is 104 Å². The number of amides is 2. The molecule has 1 aromatic rings. The average Bonchev–Trinajstić information content (AvgIpc) is 2.33. The van der Waals surface area contributed by atoms with E-state index >= 15 is 0 Å². The fourth-order valence-corrected chi connectivity index (χ4v) is 1.88. The molecule has 1 aromatic carbocycles. The van der Waals surface area contributed by atoms with Crippen molar-refractivity contribution < 1.29 is 14.7 Å². The van der Waals surface area contributed by atoms with Crippen LogP contribution in [0, 0.1) is 0 Å². The zero-order valence-corrected chi connectivity index (χ0v) is 9.72. The third-order valence-corrected chi connectivity index (χ3v) is 2.86. The van der Waals surface area contributed by atoms with E-state index in [-0.39, 0.29) is 30.0 Å². The van der Waals surface area contributed by atoms with Crippen molar-refractivity contribution in [3.63, 3.8) is 0 Å². The molecule has 0 aliphatic carbocycles. The predicted octanol–water partition coefficient (Wildman–Crippen LogP) is -1.12. The molecule has 6 nitrogen and oxygen atoms in total. The number of hydrogen-bond acceptors (Lipinski definition) is 4. The second-order valence-corrected chi connectivity index (χ2v) is 4.24. The molecule has 1 aliphatic rings. The molecule has 0 unspecified atom stereocenters. The summed E-state index contributed by atoms with van der Waals surface area (Å²) in [6.07, 6.45) is 0.121. The van der Waals surface area contributed by atoms with Crippen molar-refractivity contribution >= 4 is 11.8 Å². The van der Waals surface area contributed by atoms with Gasteiger partial charge in [0, 0.05) is 6.54 Å². The van der Waals surface area contributed by atoms with Crippen molar-refractivity contribution in [1.29, 1.82) is 0 Å². The molecule has 1 heterocycles. The third-order valence-electron chi connectivity index (χ3n) is 2.86. The first-order valence-electron chi connectivity index (χ1n) is 5.68. The van der Waals surface area contributed by atoms with E-state index in [9.17, 15) is 14.7 Å². The molecule has 2 atom stereocenters. The van der Waals surface area contributed by atoms with Crippen molar-refractivity contribution in [2.24, 2.45) is 5.73 Å². The first-order chi connectivity index (χ1) is 8.60. The van der Waals surface area contributed by atoms with Gasteiger partial charge in [0.15, 0.2) is 0 Å². The summed E-state index contributed by atoms with van der Waals surface area (Å²) in [5, 5.41) is 14.5. The van der Waals surface area contributed by atoms with Crippen LogP contribution in [-0.2, 0) is 16.0 Å². The summed E-state index contributed by atoms with van der Waals surface area (Å²) < 4.78 is 0. The number of hydrogen-bond donors (Lipinski definition) is 4. The fraction of sp³-hybridized carbons (Fsp3) is 0.333. The third kappa shape index (κ3) is 2.60. The lowest BCUT2D eigenvalue weighted by Crippen LogP contribution is -2.71. The quantitative estimate of drug-likeness (QED) is 0.507. The Morgan fingerprint density at radius 2 is 2.28 bits per heavy atom. The minimum absolute atomic E-state index is 0.113. The van der Waals surface area contributed by atoms with Gasteiger partial charge >= 0.3 is 0 Å². The minimum Gasteiger partial charge on any atom is -0.508 e. The summed E-state index contributed by atoms with van der Waals surface area (Å²) >= 11 is 0. The van der Waals surface area contributed by atoms with Gasteiger partial charge in [0.25, 0.3) is 0 Å². The Bertz CT molecular complexity index is 475. The Kier molecular flexibility index (Phi) is 3.47. The van der Waals surface area contributed by atoms with E-state index in [1.54, 1.807) is 12.1 Å². The van der Waals surface area contributed by atoms with Gasteiger partial charge in [0.2, 0.25) is 11.8 Å². The van der Waals surface area contributed by atoms with E-state index in [4.69, 9.17) is 5.73 Å². The molecule has 5 N–H and O–H groups in total. The number of rotatable bonds is 4. The summed E-state index contributed by atoms with van der Waals surface area (Å²) in [5.74, 6) is -0.366. The summed E-state index contributed by atoms with van der Waals surface area (Å²) in [4.78, 5) is 22.9. The molecule has 1 saturated heterocycles. The standard InChI is InChI=1S/C12H15N3O3/c13-6-9-11(12(18)14-9)15-10(17)5-7-2-1-3-8(16)4-7/h1-4,9,11,16H,5-6,13H2,(H,14,18)(H,15,17)/t9-,11+/m0/s1. The highest BCUT2D eigenvalue weighted by molar-refractivity contribution is 5.93. The van der Waals surface area contributed by atoms with Gasteiger partial charge in [0.05, 0.1) is 12.5 Å². The van der Waals surface area contributed by atoms with Gasteiger partial charge in [-0.15, -0.1) is 0 Å². The number of phenolic OH excluding ortho intramolecular Hbond substituents is 1. The largest absolute Gasteiger partial charge is 0.508 e. The summed E-state index contributed by atoms with van der Waals surface area (Å²) in [5.41, 5.74) is 6.13. The lowest BCUT2D eigenvalue weighted by Gasteiger charge is -2.36. The van der Waals surface area contributed by atoms with E-state index in [1.165, 1.54) is 12.1 Å². The molecule has 6 heteroatoms. The van der Waals surface area contributed by atoms with Crippen LogP contribution in [0.15, 0.2) is 24.3 Å². The van der Waals surface area contributed by atoms with Crippen LogP contribution in [0.4, 0.5) is 0 Å². The van der Waals surface area contributed by atoms with Crippen molar-refractivity contribution in [1.82, 2.24) is 10.6 Å². The van der Waals surface area contributed by atoms with Crippen LogP contribution < -0.4 is 16.4 Å². The van der Waals surface area contributed by atoms with Crippen LogP contribution in [-0.4, -0.2) is 35.5 Å². The smallest absolute Gasteiger partial charge is 0.245 e. The maximum Gasteiger partial charge on any atom is 0.245 e. The summed E-state index contributed by atoms with van der Waals surface area (Å²) in [6, 6.07) is 5.72. The number of carbonyl (C=O) groups is 2. The molecular weight excluding hydrogens is 234 g/mol. The van der Waals surface area contributed by atoms with Crippen molar-refractivity contribution in [2.45, 2.75) is 18.5 Å². The molecule has 0 saturated carbocycles. The molecule has 0 radical (unpaired) electrons. The number of aromatic hydroxyl groups is 1. The van der Waals surface area contributed by atoms with Crippen LogP contribution in [0.5, 0.6) is 5.75 Å². The minimum atomic E-state index is -0.542. The van der Waals surface area contributed by atoms with Crippen LogP contribution >= 0.6 is 0 Å². The van der Waals surface area contributed by atoms with Gasteiger partial charge in [0.1, 0.15) is 11.8 Å². The summed E-state index contributed by atoms with van der Waals surface area (Å²) in [7, 11) is 0. The predicted molar refractivity (Wildman–Crippen MR) is 64.7 cm³/mol. The topological polar surface area (TPSA) is 104 Å². The number of β-lactam (4-membered cyclic amide) rings is 1. The van der Waals surface area contributed by atoms with Gasteiger partial charge < -0.3 is 21.5 Å². The molecule has 0 aromatic heterocycles. The van der Waals surface area contributed by atoms with Crippen LogP contribution in [0.3, 0.4) is 0 Å². The molecule has 18 heavy (non-hydrogen) atoms. The monoisotopic (exact) mass is 249 g/mol. The number of nitrogens with one attached hydrogen (secondary N) is 2. The molecule has 0 bridgehead atoms. The maximum absolute atomic E-state index is 11.7. The highest BCUT2D eigenvalue weighted by Crippen LogP contribution is 2.12. The normalized spacial score (nSPS) is 21.9. The zero-order valence-electron chi connectivity index (χ0n) is 9.72. The van der Waals surface area contributed by atoms with Crippen molar-refractivity contribution in [3.05, 3.63) is 29.8 Å². The Morgan fingerprint density at radius 1 is 1.50 bits per heavy atom. The molecule has 2 rings (SSSR count). The molecule has 2 amide bonds. The Morgan fingerprint density at radius 3 is 2.89 bits per heavy atom. The van der Waals surface area contributed by atoms with Gasteiger partial charge in [-0.05, 0) is 17.7 Å². The lowest BCUT2D eigenvalue weighted by atomic mass is 9.99. The highest BCUT2D eigenvalue weighted by atomic mass is 16.3. The second kappa shape index (κ2) is 5.05. The molecule has 0 spiro atoms. The van der Waals surface area contributed by atoms with E-state index in [1.807, 2.05) is 0 Å². The lowest BCUT2D eigenvalue weighted by molar-refractivity contribution is -0.135. The molecule has 96 valence electrons. The van der Waals surface area contributed by atoms with E-state index in [2.05, 4.69) is 10.6 Å². The first kappa shape index (κ1) is 12.4. The Hall–Kier alpha value is -2.08. The number of nitrogens with two attached hydrogens (primary N) is 1. The van der Waals surface area contributed by atoms with Crippen molar-refractivity contribution in [2.75, 3.05) is 6.54 Å². The van der Waals surface area contributed by atoms with Crippen LogP contribution in [0.25, 0.3) is 0 Å². The molecule has 1 aliphatic heterocycles. The number of carbonyl (C=O) groups excluding carboxylic acids is 2. The van der Waals surface area contributed by atoms with Gasteiger partial charge in [-0.3, -0.25) is 9.59 Å². The highest BCUT2D eigenvalue weighted by Gasteiger charge is 2.39. The van der Waals surface area contributed by atoms with Crippen LogP contribution in [0.2, 0.25) is 0 Å². The van der Waals surface area contributed by atoms with E-state index in [0.29, 0.717) is 12.1 Å². The van der Waals surface area contributed by atoms with Crippen molar-refractivity contribution in [3.8, 4) is 5.75 Å². The zero-order chi connectivity index (χ0) is 13.1. The molecular formula is C12H15N3O3. The first-order valence-corrected chi connectivity index (χ1v) is 5.68. The van der Waals surface area contributed by atoms with Gasteiger partial charge in [-0.1, -0.05) is 12.1 Å². The number of phenols is 1. The summed E-state index contributed by atoms with van der Waals surface area (Å²) in [6.45, 7) is 0.294. The van der Waals surface area contributed by atoms with Crippen LogP contribution in [0.1, 0.15) is 5.56 Å². The number of benzene rings is 1. The SMILES string of the molecule is NC[C@@H]1NC(=O)[C@@H]1NC(=O)Cc1cccc(O)c1. The Balaban J connectivity index is 1.91. The maximum atomic E-state index is 11.7. The molecule has 1 fully saturated rings. The van der Waals surface area contributed by atoms with E-state index in [0.717, 1.165) is 0 Å². The van der Waals surface area contributed by atoms with Gasteiger partial charge in [-0.2, -0.15) is 0 Å². The fourth-order valence-electron chi connectivity index (χ4n) is 1.88. The van der Waals surface area contributed by atoms with E-state index < -0.39 is 6.04 Å².